The fourth-order valence-corrected chi connectivity index (χ4v) is 3.01. The molecule has 0 bridgehead atoms. The van der Waals surface area contributed by atoms with Crippen LogP contribution in [0.2, 0.25) is 0 Å². The lowest BCUT2D eigenvalue weighted by atomic mass is 9.81. The monoisotopic (exact) mass is 288 g/mol. The van der Waals surface area contributed by atoms with Crippen LogP contribution < -0.4 is 10.6 Å². The van der Waals surface area contributed by atoms with E-state index in [1.165, 1.54) is 44.9 Å². The standard InChI is InChI=1S/C15H28N2O.ClH/c1-12-3-2-4-13(9-12)7-8-17-15(18)11-16-10-14-5-6-14;/h12-14,16H,2-11H2,1H3,(H,17,18);1H. The highest BCUT2D eigenvalue weighted by atomic mass is 35.5. The number of carbonyl (C=O) groups is 1. The number of halogens is 1. The lowest BCUT2D eigenvalue weighted by Gasteiger charge is -2.26. The van der Waals surface area contributed by atoms with Crippen LogP contribution in [0.15, 0.2) is 0 Å². The van der Waals surface area contributed by atoms with Crippen molar-refractivity contribution in [2.75, 3.05) is 19.6 Å². The normalized spacial score (nSPS) is 26.6. The molecule has 0 saturated heterocycles. The Morgan fingerprint density at radius 3 is 2.63 bits per heavy atom. The first-order valence-electron chi connectivity index (χ1n) is 7.71. The summed E-state index contributed by atoms with van der Waals surface area (Å²) >= 11 is 0. The van der Waals surface area contributed by atoms with E-state index in [2.05, 4.69) is 17.6 Å². The van der Waals surface area contributed by atoms with Crippen LogP contribution in [0, 0.1) is 17.8 Å². The van der Waals surface area contributed by atoms with Gasteiger partial charge in [-0.2, -0.15) is 0 Å². The molecule has 0 heterocycles. The van der Waals surface area contributed by atoms with Gasteiger partial charge >= 0.3 is 0 Å². The predicted molar refractivity (Wildman–Crippen MR) is 81.6 cm³/mol. The maximum Gasteiger partial charge on any atom is 0.233 e. The van der Waals surface area contributed by atoms with Gasteiger partial charge in [-0.1, -0.05) is 26.2 Å². The van der Waals surface area contributed by atoms with E-state index in [1.807, 2.05) is 0 Å². The Labute approximate surface area is 123 Å². The van der Waals surface area contributed by atoms with Crippen LogP contribution in [0.25, 0.3) is 0 Å². The van der Waals surface area contributed by atoms with Crippen LogP contribution in [0.4, 0.5) is 0 Å². The summed E-state index contributed by atoms with van der Waals surface area (Å²) in [5.74, 6) is 2.74. The van der Waals surface area contributed by atoms with Gasteiger partial charge in [0, 0.05) is 6.54 Å². The maximum atomic E-state index is 11.6. The van der Waals surface area contributed by atoms with E-state index in [1.54, 1.807) is 0 Å². The van der Waals surface area contributed by atoms with Gasteiger partial charge in [0.2, 0.25) is 5.91 Å². The summed E-state index contributed by atoms with van der Waals surface area (Å²) in [5, 5.41) is 6.27. The molecule has 19 heavy (non-hydrogen) atoms. The molecule has 2 N–H and O–H groups in total. The van der Waals surface area contributed by atoms with Crippen molar-refractivity contribution in [1.29, 1.82) is 0 Å². The predicted octanol–water partition coefficient (Wildman–Crippen LogP) is 2.74. The SMILES string of the molecule is CC1CCCC(CCNC(=O)CNCC2CC2)C1.Cl. The van der Waals surface area contributed by atoms with Crippen LogP contribution in [-0.2, 0) is 4.79 Å². The second-order valence-electron chi connectivity index (χ2n) is 6.35. The van der Waals surface area contributed by atoms with Crippen molar-refractivity contribution in [3.63, 3.8) is 0 Å². The number of hydrogen-bond donors (Lipinski definition) is 2. The van der Waals surface area contributed by atoms with E-state index in [0.717, 1.165) is 30.8 Å². The number of hydrogen-bond acceptors (Lipinski definition) is 2. The first-order valence-corrected chi connectivity index (χ1v) is 7.71. The zero-order valence-electron chi connectivity index (χ0n) is 12.1. The molecule has 0 aromatic heterocycles. The zero-order chi connectivity index (χ0) is 12.8. The second kappa shape index (κ2) is 8.80. The summed E-state index contributed by atoms with van der Waals surface area (Å²) in [6.07, 6.45) is 9.34. The molecule has 0 aromatic rings. The highest BCUT2D eigenvalue weighted by Gasteiger charge is 2.21. The third-order valence-corrected chi connectivity index (χ3v) is 4.34. The molecule has 2 saturated carbocycles. The summed E-state index contributed by atoms with van der Waals surface area (Å²) in [6, 6.07) is 0. The smallest absolute Gasteiger partial charge is 0.233 e. The van der Waals surface area contributed by atoms with Crippen molar-refractivity contribution in [3.8, 4) is 0 Å². The van der Waals surface area contributed by atoms with Crippen LogP contribution in [0.3, 0.4) is 0 Å². The summed E-state index contributed by atoms with van der Waals surface area (Å²) in [6.45, 7) is 4.74. The molecular formula is C15H29ClN2O. The summed E-state index contributed by atoms with van der Waals surface area (Å²) < 4.78 is 0. The van der Waals surface area contributed by atoms with Gasteiger partial charge in [0.25, 0.3) is 0 Å². The van der Waals surface area contributed by atoms with E-state index in [-0.39, 0.29) is 18.3 Å². The summed E-state index contributed by atoms with van der Waals surface area (Å²) in [5.41, 5.74) is 0. The molecule has 4 heteroatoms. The van der Waals surface area contributed by atoms with Gasteiger partial charge in [-0.3, -0.25) is 4.79 Å². The lowest BCUT2D eigenvalue weighted by molar-refractivity contribution is -0.120. The van der Waals surface area contributed by atoms with Gasteiger partial charge in [0.1, 0.15) is 0 Å². The molecule has 0 spiro atoms. The van der Waals surface area contributed by atoms with Crippen molar-refractivity contribution in [2.45, 2.75) is 51.9 Å². The molecule has 2 unspecified atom stereocenters. The molecule has 112 valence electrons. The average Bonchev–Trinajstić information content (AvgIpc) is 3.13. The van der Waals surface area contributed by atoms with Crippen LogP contribution in [-0.4, -0.2) is 25.5 Å². The van der Waals surface area contributed by atoms with E-state index in [9.17, 15) is 4.79 Å². The molecule has 2 aliphatic rings. The van der Waals surface area contributed by atoms with Gasteiger partial charge in [-0.25, -0.2) is 0 Å². The number of rotatable bonds is 7. The number of carbonyl (C=O) groups excluding carboxylic acids is 1. The van der Waals surface area contributed by atoms with Gasteiger partial charge in [-0.15, -0.1) is 12.4 Å². The Balaban J connectivity index is 0.00000180. The molecule has 1 amide bonds. The van der Waals surface area contributed by atoms with E-state index in [4.69, 9.17) is 0 Å². The van der Waals surface area contributed by atoms with Gasteiger partial charge < -0.3 is 10.6 Å². The largest absolute Gasteiger partial charge is 0.355 e. The average molecular weight is 289 g/mol. The molecule has 2 rings (SSSR count). The minimum absolute atomic E-state index is 0. The lowest BCUT2D eigenvalue weighted by Crippen LogP contribution is -2.35. The second-order valence-corrected chi connectivity index (χ2v) is 6.35. The topological polar surface area (TPSA) is 41.1 Å². The quantitative estimate of drug-likeness (QED) is 0.756. The Bertz CT molecular complexity index is 269. The highest BCUT2D eigenvalue weighted by Crippen LogP contribution is 2.30. The molecular weight excluding hydrogens is 260 g/mol. The first kappa shape index (κ1) is 16.8. The summed E-state index contributed by atoms with van der Waals surface area (Å²) in [4.78, 5) is 11.6. The van der Waals surface area contributed by atoms with Crippen molar-refractivity contribution < 1.29 is 4.79 Å². The first-order chi connectivity index (χ1) is 8.74. The van der Waals surface area contributed by atoms with E-state index in [0.29, 0.717) is 6.54 Å². The number of amides is 1. The molecule has 3 nitrogen and oxygen atoms in total. The van der Waals surface area contributed by atoms with Gasteiger partial charge in [0.15, 0.2) is 0 Å². The van der Waals surface area contributed by atoms with Crippen LogP contribution in [0.5, 0.6) is 0 Å². The van der Waals surface area contributed by atoms with Crippen molar-refractivity contribution in [1.82, 2.24) is 10.6 Å². The van der Waals surface area contributed by atoms with Gasteiger partial charge in [-0.05, 0) is 50.0 Å². The fraction of sp³-hybridized carbons (Fsp3) is 0.933. The molecule has 0 aromatic carbocycles. The zero-order valence-corrected chi connectivity index (χ0v) is 12.9. The third-order valence-electron chi connectivity index (χ3n) is 4.34. The van der Waals surface area contributed by atoms with Crippen molar-refractivity contribution >= 4 is 18.3 Å². The minimum Gasteiger partial charge on any atom is -0.355 e. The highest BCUT2D eigenvalue weighted by molar-refractivity contribution is 5.85. The van der Waals surface area contributed by atoms with Crippen molar-refractivity contribution in [3.05, 3.63) is 0 Å². The third kappa shape index (κ3) is 7.17. The molecule has 0 radical (unpaired) electrons. The Morgan fingerprint density at radius 1 is 1.16 bits per heavy atom. The number of nitrogens with one attached hydrogen (secondary N) is 2. The fourth-order valence-electron chi connectivity index (χ4n) is 3.01. The van der Waals surface area contributed by atoms with Crippen molar-refractivity contribution in [2.24, 2.45) is 17.8 Å². The molecule has 2 aliphatic carbocycles. The van der Waals surface area contributed by atoms with Crippen LogP contribution >= 0.6 is 12.4 Å². The molecule has 2 fully saturated rings. The van der Waals surface area contributed by atoms with E-state index < -0.39 is 0 Å². The Hall–Kier alpha value is -0.280. The minimum atomic E-state index is 0. The molecule has 0 aliphatic heterocycles. The van der Waals surface area contributed by atoms with Crippen LogP contribution in [0.1, 0.15) is 51.9 Å². The van der Waals surface area contributed by atoms with E-state index >= 15 is 0 Å². The Morgan fingerprint density at radius 2 is 1.95 bits per heavy atom. The maximum absolute atomic E-state index is 11.6. The molecule has 2 atom stereocenters. The summed E-state index contributed by atoms with van der Waals surface area (Å²) in [7, 11) is 0. The Kier molecular flexibility index (Phi) is 7.77. The van der Waals surface area contributed by atoms with Gasteiger partial charge in [0.05, 0.1) is 6.54 Å².